The lowest BCUT2D eigenvalue weighted by atomic mass is 9.97. The van der Waals surface area contributed by atoms with E-state index < -0.39 is 17.5 Å². The highest BCUT2D eigenvalue weighted by Gasteiger charge is 2.18. The molecule has 0 radical (unpaired) electrons. The Balaban J connectivity index is 2.27. The molecule has 2 rings (SSSR count). The number of hydrogen-bond acceptors (Lipinski definition) is 1. The molecule has 1 N–H and O–H groups in total. The molecule has 0 bridgehead atoms. The highest BCUT2D eigenvalue weighted by molar-refractivity contribution is 5.23. The molecule has 1 fully saturated rings. The van der Waals surface area contributed by atoms with E-state index >= 15 is 0 Å². The SMILES string of the molecule is Fc1cc([C@@H]2CCCCN2)cc(F)c1F. The highest BCUT2D eigenvalue weighted by atomic mass is 19.2. The van der Waals surface area contributed by atoms with Gasteiger partial charge in [0.1, 0.15) is 0 Å². The molecule has 0 aromatic heterocycles. The first-order chi connectivity index (χ1) is 7.18. The second-order valence-electron chi connectivity index (χ2n) is 3.80. The standard InChI is InChI=1S/C11H12F3N/c12-8-5-7(6-9(13)11(8)14)10-3-1-2-4-15-10/h5-6,10,15H,1-4H2/t10-/m0/s1. The smallest absolute Gasteiger partial charge is 0.194 e. The van der Waals surface area contributed by atoms with Crippen molar-refractivity contribution in [2.24, 2.45) is 0 Å². The van der Waals surface area contributed by atoms with Gasteiger partial charge in [0.2, 0.25) is 0 Å². The van der Waals surface area contributed by atoms with E-state index in [-0.39, 0.29) is 6.04 Å². The number of hydrogen-bond donors (Lipinski definition) is 1. The lowest BCUT2D eigenvalue weighted by Gasteiger charge is -2.23. The van der Waals surface area contributed by atoms with Gasteiger partial charge in [0, 0.05) is 6.04 Å². The molecule has 82 valence electrons. The van der Waals surface area contributed by atoms with E-state index in [1.54, 1.807) is 0 Å². The van der Waals surface area contributed by atoms with E-state index in [9.17, 15) is 13.2 Å². The predicted molar refractivity (Wildman–Crippen MR) is 50.9 cm³/mol. The van der Waals surface area contributed by atoms with Crippen LogP contribution >= 0.6 is 0 Å². The first kappa shape index (κ1) is 10.5. The Morgan fingerprint density at radius 1 is 1.07 bits per heavy atom. The van der Waals surface area contributed by atoms with E-state index in [1.807, 2.05) is 0 Å². The molecule has 0 amide bonds. The molecule has 1 atom stereocenters. The zero-order valence-electron chi connectivity index (χ0n) is 8.19. The topological polar surface area (TPSA) is 12.0 Å². The molecule has 1 aromatic carbocycles. The molecule has 1 saturated heterocycles. The minimum Gasteiger partial charge on any atom is -0.310 e. The third kappa shape index (κ3) is 2.15. The Hall–Kier alpha value is -1.03. The number of halogens is 3. The molecule has 1 aromatic rings. The molecule has 0 saturated carbocycles. The van der Waals surface area contributed by atoms with Crippen molar-refractivity contribution in [1.29, 1.82) is 0 Å². The predicted octanol–water partition coefficient (Wildman–Crippen LogP) is 2.92. The molecule has 1 nitrogen and oxygen atoms in total. The summed E-state index contributed by atoms with van der Waals surface area (Å²) in [5.41, 5.74) is 0.492. The van der Waals surface area contributed by atoms with E-state index in [0.29, 0.717) is 5.56 Å². The second-order valence-corrected chi connectivity index (χ2v) is 3.80. The summed E-state index contributed by atoms with van der Waals surface area (Å²) in [5, 5.41) is 3.15. The fourth-order valence-electron chi connectivity index (χ4n) is 1.91. The van der Waals surface area contributed by atoms with Crippen molar-refractivity contribution in [1.82, 2.24) is 5.32 Å². The number of rotatable bonds is 1. The molecular formula is C11H12F3N. The van der Waals surface area contributed by atoms with Crippen LogP contribution in [0, 0.1) is 17.5 Å². The van der Waals surface area contributed by atoms with E-state index in [2.05, 4.69) is 5.32 Å². The van der Waals surface area contributed by atoms with Crippen molar-refractivity contribution in [2.45, 2.75) is 25.3 Å². The Kier molecular flexibility index (Phi) is 2.95. The van der Waals surface area contributed by atoms with Gasteiger partial charge >= 0.3 is 0 Å². The molecule has 0 spiro atoms. The van der Waals surface area contributed by atoms with Crippen LogP contribution in [0.1, 0.15) is 30.9 Å². The van der Waals surface area contributed by atoms with Crippen LogP contribution in [0.3, 0.4) is 0 Å². The lowest BCUT2D eigenvalue weighted by Crippen LogP contribution is -2.27. The maximum atomic E-state index is 13.0. The summed E-state index contributed by atoms with van der Waals surface area (Å²) < 4.78 is 38.6. The van der Waals surface area contributed by atoms with Gasteiger partial charge in [-0.05, 0) is 37.1 Å². The van der Waals surface area contributed by atoms with Crippen molar-refractivity contribution in [3.05, 3.63) is 35.1 Å². The van der Waals surface area contributed by atoms with Gasteiger partial charge in [0.15, 0.2) is 17.5 Å². The third-order valence-corrected chi connectivity index (χ3v) is 2.72. The fraction of sp³-hybridized carbons (Fsp3) is 0.455. The molecule has 15 heavy (non-hydrogen) atoms. The zero-order chi connectivity index (χ0) is 10.8. The maximum absolute atomic E-state index is 13.0. The Labute approximate surface area is 86.3 Å². The highest BCUT2D eigenvalue weighted by Crippen LogP contribution is 2.25. The van der Waals surface area contributed by atoms with Gasteiger partial charge in [-0.2, -0.15) is 0 Å². The molecule has 0 aliphatic carbocycles. The van der Waals surface area contributed by atoms with Gasteiger partial charge in [0.25, 0.3) is 0 Å². The fourth-order valence-corrected chi connectivity index (χ4v) is 1.91. The lowest BCUT2D eigenvalue weighted by molar-refractivity contribution is 0.400. The molecule has 0 unspecified atom stereocenters. The average molecular weight is 215 g/mol. The molecule has 1 aliphatic heterocycles. The Morgan fingerprint density at radius 3 is 2.27 bits per heavy atom. The van der Waals surface area contributed by atoms with Crippen LogP contribution in [0.4, 0.5) is 13.2 Å². The van der Waals surface area contributed by atoms with Crippen molar-refractivity contribution in [2.75, 3.05) is 6.54 Å². The van der Waals surface area contributed by atoms with Crippen LogP contribution in [0.2, 0.25) is 0 Å². The first-order valence-corrected chi connectivity index (χ1v) is 5.06. The van der Waals surface area contributed by atoms with E-state index in [1.165, 1.54) is 0 Å². The molecular weight excluding hydrogens is 203 g/mol. The zero-order valence-corrected chi connectivity index (χ0v) is 8.19. The maximum Gasteiger partial charge on any atom is 0.194 e. The normalized spacial score (nSPS) is 21.7. The molecule has 4 heteroatoms. The second kappa shape index (κ2) is 4.23. The van der Waals surface area contributed by atoms with Crippen molar-refractivity contribution < 1.29 is 13.2 Å². The van der Waals surface area contributed by atoms with Crippen molar-refractivity contribution in [3.8, 4) is 0 Å². The van der Waals surface area contributed by atoms with Crippen LogP contribution < -0.4 is 5.32 Å². The largest absolute Gasteiger partial charge is 0.310 e. The van der Waals surface area contributed by atoms with Crippen molar-refractivity contribution in [3.63, 3.8) is 0 Å². The third-order valence-electron chi connectivity index (χ3n) is 2.72. The molecule has 1 heterocycles. The summed E-state index contributed by atoms with van der Waals surface area (Å²) in [7, 11) is 0. The average Bonchev–Trinajstić information content (AvgIpc) is 2.26. The summed E-state index contributed by atoms with van der Waals surface area (Å²) in [4.78, 5) is 0. The first-order valence-electron chi connectivity index (χ1n) is 5.06. The number of benzene rings is 1. The quantitative estimate of drug-likeness (QED) is 0.710. The summed E-state index contributed by atoms with van der Waals surface area (Å²) >= 11 is 0. The minimum absolute atomic E-state index is 0.0525. The monoisotopic (exact) mass is 215 g/mol. The van der Waals surface area contributed by atoms with Crippen LogP contribution in [-0.4, -0.2) is 6.54 Å². The summed E-state index contributed by atoms with van der Waals surface area (Å²) in [6.45, 7) is 0.839. The van der Waals surface area contributed by atoms with Crippen LogP contribution in [0.15, 0.2) is 12.1 Å². The van der Waals surface area contributed by atoms with Crippen molar-refractivity contribution >= 4 is 0 Å². The van der Waals surface area contributed by atoms with E-state index in [4.69, 9.17) is 0 Å². The van der Waals surface area contributed by atoms with Crippen LogP contribution in [-0.2, 0) is 0 Å². The Bertz CT molecular complexity index is 336. The Morgan fingerprint density at radius 2 is 1.73 bits per heavy atom. The van der Waals surface area contributed by atoms with Gasteiger partial charge in [-0.15, -0.1) is 0 Å². The van der Waals surface area contributed by atoms with Gasteiger partial charge in [0.05, 0.1) is 0 Å². The number of nitrogens with one attached hydrogen (secondary N) is 1. The van der Waals surface area contributed by atoms with E-state index in [0.717, 1.165) is 37.9 Å². The summed E-state index contributed by atoms with van der Waals surface area (Å²) in [5.74, 6) is -3.62. The van der Waals surface area contributed by atoms with Gasteiger partial charge in [-0.1, -0.05) is 6.42 Å². The molecule has 1 aliphatic rings. The van der Waals surface area contributed by atoms with Crippen LogP contribution in [0.25, 0.3) is 0 Å². The van der Waals surface area contributed by atoms with Gasteiger partial charge in [-0.3, -0.25) is 0 Å². The summed E-state index contributed by atoms with van der Waals surface area (Å²) in [6.07, 6.45) is 2.94. The van der Waals surface area contributed by atoms with Gasteiger partial charge < -0.3 is 5.32 Å². The van der Waals surface area contributed by atoms with Crippen LogP contribution in [0.5, 0.6) is 0 Å². The summed E-state index contributed by atoms with van der Waals surface area (Å²) in [6, 6.07) is 2.09. The van der Waals surface area contributed by atoms with Gasteiger partial charge in [-0.25, -0.2) is 13.2 Å². The minimum atomic E-state index is -1.39. The number of piperidine rings is 1.